The van der Waals surface area contributed by atoms with E-state index in [0.717, 1.165) is 12.1 Å². The third kappa shape index (κ3) is 4.12. The molecular weight excluding hydrogens is 432 g/mol. The normalized spacial score (nSPS) is 10.9. The number of halogens is 2. The molecule has 0 radical (unpaired) electrons. The molecular formula is C22H21F2N7O2. The molecule has 3 aromatic heterocycles. The van der Waals surface area contributed by atoms with Gasteiger partial charge in [0.25, 0.3) is 11.5 Å². The second kappa shape index (κ2) is 8.69. The van der Waals surface area contributed by atoms with Crippen molar-refractivity contribution in [1.29, 1.82) is 0 Å². The van der Waals surface area contributed by atoms with Gasteiger partial charge in [0.15, 0.2) is 0 Å². The Balaban J connectivity index is 1.80. The van der Waals surface area contributed by atoms with Gasteiger partial charge in [-0.15, -0.1) is 0 Å². The van der Waals surface area contributed by atoms with Gasteiger partial charge in [-0.3, -0.25) is 9.59 Å². The molecule has 4 aromatic rings. The Labute approximate surface area is 187 Å². The number of anilines is 4. The fraction of sp³-hybridized carbons (Fsp3) is 0.182. The van der Waals surface area contributed by atoms with Gasteiger partial charge in [0.2, 0.25) is 5.95 Å². The number of aromatic nitrogens is 4. The predicted molar refractivity (Wildman–Crippen MR) is 121 cm³/mol. The highest BCUT2D eigenvalue weighted by atomic mass is 19.1. The summed E-state index contributed by atoms with van der Waals surface area (Å²) in [6, 6.07) is 4.87. The lowest BCUT2D eigenvalue weighted by Gasteiger charge is -2.12. The minimum atomic E-state index is -0.822. The summed E-state index contributed by atoms with van der Waals surface area (Å²) in [5, 5.41) is 8.67. The van der Waals surface area contributed by atoms with Crippen LogP contribution in [0.5, 0.6) is 0 Å². The van der Waals surface area contributed by atoms with E-state index in [9.17, 15) is 18.4 Å². The Morgan fingerprint density at radius 3 is 2.64 bits per heavy atom. The summed E-state index contributed by atoms with van der Waals surface area (Å²) < 4.78 is 30.6. The topological polar surface area (TPSA) is 106 Å². The van der Waals surface area contributed by atoms with Crippen LogP contribution in [0.2, 0.25) is 0 Å². The van der Waals surface area contributed by atoms with Crippen LogP contribution >= 0.6 is 0 Å². The molecule has 4 rings (SSSR count). The van der Waals surface area contributed by atoms with Gasteiger partial charge in [0.1, 0.15) is 23.0 Å². The van der Waals surface area contributed by atoms with Crippen molar-refractivity contribution >= 4 is 40.0 Å². The summed E-state index contributed by atoms with van der Waals surface area (Å²) in [5.74, 6) is -1.92. The van der Waals surface area contributed by atoms with Gasteiger partial charge >= 0.3 is 0 Å². The van der Waals surface area contributed by atoms with Crippen molar-refractivity contribution in [2.45, 2.75) is 13.5 Å². The van der Waals surface area contributed by atoms with Crippen LogP contribution in [0.25, 0.3) is 10.9 Å². The molecule has 0 aliphatic rings. The fourth-order valence-electron chi connectivity index (χ4n) is 3.46. The second-order valence-corrected chi connectivity index (χ2v) is 7.23. The number of benzene rings is 1. The van der Waals surface area contributed by atoms with Crippen LogP contribution in [0.1, 0.15) is 17.3 Å². The van der Waals surface area contributed by atoms with Gasteiger partial charge in [-0.2, -0.15) is 4.98 Å². The van der Waals surface area contributed by atoms with E-state index in [4.69, 9.17) is 0 Å². The zero-order valence-corrected chi connectivity index (χ0v) is 18.1. The van der Waals surface area contributed by atoms with Crippen molar-refractivity contribution in [1.82, 2.24) is 24.4 Å². The minimum absolute atomic E-state index is 0.0260. The van der Waals surface area contributed by atoms with Crippen LogP contribution in [-0.2, 0) is 13.6 Å². The van der Waals surface area contributed by atoms with Gasteiger partial charge < -0.3 is 25.1 Å². The Bertz CT molecular complexity index is 1430. The third-order valence-corrected chi connectivity index (χ3v) is 5.15. The zero-order chi connectivity index (χ0) is 23.7. The minimum Gasteiger partial charge on any atom is -0.355 e. The van der Waals surface area contributed by atoms with Crippen LogP contribution < -0.4 is 21.5 Å². The molecule has 0 fully saturated rings. The molecule has 3 N–H and O–H groups in total. The first-order valence-electron chi connectivity index (χ1n) is 10.1. The summed E-state index contributed by atoms with van der Waals surface area (Å²) in [5.41, 5.74) is 1.04. The number of aryl methyl sites for hydroxylation is 2. The molecule has 0 aliphatic heterocycles. The largest absolute Gasteiger partial charge is 0.355 e. The zero-order valence-electron chi connectivity index (χ0n) is 18.1. The Morgan fingerprint density at radius 1 is 1.15 bits per heavy atom. The Kier molecular flexibility index (Phi) is 5.78. The molecule has 33 heavy (non-hydrogen) atoms. The van der Waals surface area contributed by atoms with Gasteiger partial charge in [0, 0.05) is 45.3 Å². The van der Waals surface area contributed by atoms with E-state index in [-0.39, 0.29) is 28.6 Å². The molecule has 9 nitrogen and oxygen atoms in total. The number of carbonyl (C=O) groups is 1. The van der Waals surface area contributed by atoms with E-state index in [1.807, 2.05) is 13.0 Å². The molecule has 0 aliphatic carbocycles. The summed E-state index contributed by atoms with van der Waals surface area (Å²) >= 11 is 0. The van der Waals surface area contributed by atoms with Crippen molar-refractivity contribution < 1.29 is 13.6 Å². The first kappa shape index (κ1) is 21.9. The summed E-state index contributed by atoms with van der Waals surface area (Å²) in [4.78, 5) is 33.7. The lowest BCUT2D eigenvalue weighted by molar-refractivity contribution is 0.0963. The quantitative estimate of drug-likeness (QED) is 0.414. The van der Waals surface area contributed by atoms with E-state index < -0.39 is 17.5 Å². The van der Waals surface area contributed by atoms with E-state index in [1.54, 1.807) is 28.6 Å². The average Bonchev–Trinajstić information content (AvgIpc) is 3.11. The molecule has 0 atom stereocenters. The van der Waals surface area contributed by atoms with Crippen LogP contribution in [0, 0.1) is 11.6 Å². The van der Waals surface area contributed by atoms with Crippen molar-refractivity contribution in [3.8, 4) is 0 Å². The summed E-state index contributed by atoms with van der Waals surface area (Å²) in [6.45, 7) is 2.36. The number of amides is 1. The maximum atomic E-state index is 14.1. The number of rotatable bonds is 6. The number of carbonyl (C=O) groups excluding carboxylic acids is 1. The van der Waals surface area contributed by atoms with E-state index in [1.165, 1.54) is 19.3 Å². The second-order valence-electron chi connectivity index (χ2n) is 7.23. The smallest absolute Gasteiger partial charge is 0.262 e. The Morgan fingerprint density at radius 2 is 1.94 bits per heavy atom. The van der Waals surface area contributed by atoms with E-state index in [2.05, 4.69) is 25.9 Å². The third-order valence-electron chi connectivity index (χ3n) is 5.15. The van der Waals surface area contributed by atoms with Gasteiger partial charge in [0.05, 0.1) is 22.3 Å². The number of pyridine rings is 1. The maximum Gasteiger partial charge on any atom is 0.262 e. The average molecular weight is 453 g/mol. The van der Waals surface area contributed by atoms with Crippen molar-refractivity contribution in [2.75, 3.05) is 17.7 Å². The lowest BCUT2D eigenvalue weighted by Crippen LogP contribution is -2.21. The molecule has 0 unspecified atom stereocenters. The monoisotopic (exact) mass is 453 g/mol. The van der Waals surface area contributed by atoms with Gasteiger partial charge in [-0.25, -0.2) is 13.8 Å². The molecule has 0 spiro atoms. The molecule has 0 saturated carbocycles. The molecule has 1 aromatic carbocycles. The van der Waals surface area contributed by atoms with Crippen LogP contribution in [0.15, 0.2) is 47.7 Å². The SMILES string of the molecule is CCn1ccc2c(c(Nc3nc(Nc4ccc(F)cc4F)ncc3C(=O)NC)cn2C)c1=O. The maximum absolute atomic E-state index is 14.1. The predicted octanol–water partition coefficient (Wildman–Crippen LogP) is 3.27. The number of hydrogen-bond acceptors (Lipinski definition) is 6. The molecule has 3 heterocycles. The highest BCUT2D eigenvalue weighted by Crippen LogP contribution is 2.28. The number of nitrogens with one attached hydrogen (secondary N) is 3. The fourth-order valence-corrected chi connectivity index (χ4v) is 3.46. The molecule has 11 heteroatoms. The van der Waals surface area contributed by atoms with Crippen molar-refractivity contribution in [3.05, 3.63) is 70.4 Å². The van der Waals surface area contributed by atoms with Crippen LogP contribution in [0.3, 0.4) is 0 Å². The Hall–Kier alpha value is -4.28. The first-order chi connectivity index (χ1) is 15.8. The van der Waals surface area contributed by atoms with Gasteiger partial charge in [-0.05, 0) is 25.1 Å². The molecule has 1 amide bonds. The number of fused-ring (bicyclic) bond motifs is 1. The van der Waals surface area contributed by atoms with E-state index in [0.29, 0.717) is 23.1 Å². The van der Waals surface area contributed by atoms with E-state index >= 15 is 0 Å². The summed E-state index contributed by atoms with van der Waals surface area (Å²) in [6.07, 6.45) is 4.70. The summed E-state index contributed by atoms with van der Waals surface area (Å²) in [7, 11) is 3.26. The molecule has 170 valence electrons. The number of hydrogen-bond donors (Lipinski definition) is 3. The number of nitrogens with zero attached hydrogens (tertiary/aromatic N) is 4. The highest BCUT2D eigenvalue weighted by molar-refractivity contribution is 6.01. The highest BCUT2D eigenvalue weighted by Gasteiger charge is 2.18. The van der Waals surface area contributed by atoms with Gasteiger partial charge in [-0.1, -0.05) is 0 Å². The first-order valence-corrected chi connectivity index (χ1v) is 10.1. The van der Waals surface area contributed by atoms with Crippen LogP contribution in [-0.4, -0.2) is 32.1 Å². The van der Waals surface area contributed by atoms with Crippen molar-refractivity contribution in [2.24, 2.45) is 7.05 Å². The standard InChI is InChI=1S/C22H21F2N7O2/c1-4-31-8-7-17-18(21(31)33)16(11-30(17)3)27-19-13(20(32)25-2)10-26-22(29-19)28-15-6-5-12(23)9-14(15)24/h5-11H,4H2,1-3H3,(H,25,32)(H2,26,27,28,29). The van der Waals surface area contributed by atoms with Crippen molar-refractivity contribution in [3.63, 3.8) is 0 Å². The molecule has 0 bridgehead atoms. The molecule has 0 saturated heterocycles. The lowest BCUT2D eigenvalue weighted by atomic mass is 10.2. The van der Waals surface area contributed by atoms with Crippen LogP contribution in [0.4, 0.5) is 31.9 Å².